The normalized spacial score (nSPS) is 13.7. The average Bonchev–Trinajstić information content (AvgIpc) is 3.28. The number of rotatable bonds is 2. The third-order valence-electron chi connectivity index (χ3n) is 4.53. The molecule has 0 saturated heterocycles. The Bertz CT molecular complexity index is 1110. The highest BCUT2D eigenvalue weighted by Crippen LogP contribution is 2.27. The van der Waals surface area contributed by atoms with E-state index in [0.29, 0.717) is 18.8 Å². The van der Waals surface area contributed by atoms with Crippen molar-refractivity contribution in [2.24, 2.45) is 0 Å². The molecule has 0 radical (unpaired) electrons. The Morgan fingerprint density at radius 2 is 1.92 bits per heavy atom. The third kappa shape index (κ3) is 2.30. The second kappa shape index (κ2) is 5.31. The van der Waals surface area contributed by atoms with Crippen LogP contribution in [-0.2, 0) is 6.54 Å². The van der Waals surface area contributed by atoms with Crippen molar-refractivity contribution in [2.45, 2.75) is 6.54 Å². The molecule has 0 unspecified atom stereocenters. The number of pyridine rings is 1. The zero-order valence-corrected chi connectivity index (χ0v) is 13.4. The number of aromatic nitrogens is 4. The van der Waals surface area contributed by atoms with Crippen molar-refractivity contribution in [3.63, 3.8) is 0 Å². The van der Waals surface area contributed by atoms with Gasteiger partial charge < -0.3 is 10.3 Å². The first-order chi connectivity index (χ1) is 12.3. The van der Waals surface area contributed by atoms with Crippen molar-refractivity contribution < 1.29 is 4.79 Å². The monoisotopic (exact) mass is 329 g/mol. The fraction of sp³-hybridized carbons (Fsp3) is 0.105. The molecule has 4 aromatic rings. The molecule has 0 atom stereocenters. The molecular formula is C19H15N5O. The topological polar surface area (TPSA) is 75.6 Å². The molecule has 0 bridgehead atoms. The van der Waals surface area contributed by atoms with Gasteiger partial charge in [0.25, 0.3) is 5.91 Å². The van der Waals surface area contributed by atoms with Crippen LogP contribution < -0.4 is 5.32 Å². The molecule has 25 heavy (non-hydrogen) atoms. The summed E-state index contributed by atoms with van der Waals surface area (Å²) in [5, 5.41) is 8.56. The predicted molar refractivity (Wildman–Crippen MR) is 95.1 cm³/mol. The minimum atomic E-state index is -0.0720. The predicted octanol–water partition coefficient (Wildman–Crippen LogP) is 2.84. The van der Waals surface area contributed by atoms with Crippen LogP contribution in [0, 0.1) is 0 Å². The first-order valence-corrected chi connectivity index (χ1v) is 8.18. The van der Waals surface area contributed by atoms with E-state index in [4.69, 9.17) is 0 Å². The van der Waals surface area contributed by atoms with Gasteiger partial charge in [-0.2, -0.15) is 5.10 Å². The Morgan fingerprint density at radius 3 is 2.84 bits per heavy atom. The van der Waals surface area contributed by atoms with Crippen LogP contribution in [0.3, 0.4) is 0 Å². The van der Waals surface area contributed by atoms with E-state index in [-0.39, 0.29) is 5.91 Å². The maximum Gasteiger partial charge on any atom is 0.269 e. The zero-order chi connectivity index (χ0) is 16.8. The molecule has 1 amide bonds. The number of H-pyrrole nitrogens is 1. The molecule has 1 aliphatic rings. The summed E-state index contributed by atoms with van der Waals surface area (Å²) in [4.78, 5) is 19.6. The van der Waals surface area contributed by atoms with Crippen LogP contribution in [0.1, 0.15) is 10.5 Å². The lowest BCUT2D eigenvalue weighted by molar-refractivity contribution is 0.0924. The Balaban J connectivity index is 1.58. The molecule has 1 aromatic carbocycles. The van der Waals surface area contributed by atoms with Gasteiger partial charge in [-0.05, 0) is 36.4 Å². The number of benzene rings is 1. The lowest BCUT2D eigenvalue weighted by Gasteiger charge is -2.13. The largest absolute Gasteiger partial charge is 0.361 e. The summed E-state index contributed by atoms with van der Waals surface area (Å²) in [5.41, 5.74) is 5.39. The van der Waals surface area contributed by atoms with Crippen molar-refractivity contribution in [2.75, 3.05) is 6.54 Å². The number of carbonyl (C=O) groups is 1. The number of fused-ring (bicyclic) bond motifs is 2. The van der Waals surface area contributed by atoms with E-state index in [2.05, 4.69) is 38.6 Å². The molecular weight excluding hydrogens is 314 g/mol. The summed E-state index contributed by atoms with van der Waals surface area (Å²) in [6, 6.07) is 14.0. The van der Waals surface area contributed by atoms with Gasteiger partial charge in [-0.25, -0.2) is 0 Å². The van der Waals surface area contributed by atoms with E-state index in [1.165, 1.54) is 0 Å². The Labute approximate surface area is 143 Å². The lowest BCUT2D eigenvalue weighted by Crippen LogP contribution is -2.35. The Kier molecular flexibility index (Phi) is 2.97. The molecule has 0 spiro atoms. The highest BCUT2D eigenvalue weighted by atomic mass is 16.2. The number of carbonyl (C=O) groups excluding carboxylic acids is 1. The quantitative estimate of drug-likeness (QED) is 0.594. The summed E-state index contributed by atoms with van der Waals surface area (Å²) in [6.45, 7) is 1.31. The van der Waals surface area contributed by atoms with Gasteiger partial charge in [-0.3, -0.25) is 14.5 Å². The van der Waals surface area contributed by atoms with E-state index >= 15 is 0 Å². The highest BCUT2D eigenvalue weighted by Gasteiger charge is 2.20. The van der Waals surface area contributed by atoms with Gasteiger partial charge in [0.2, 0.25) is 0 Å². The molecule has 3 aromatic heterocycles. The molecule has 0 saturated carbocycles. The van der Waals surface area contributed by atoms with Gasteiger partial charge >= 0.3 is 0 Å². The molecule has 122 valence electrons. The zero-order valence-electron chi connectivity index (χ0n) is 13.4. The summed E-state index contributed by atoms with van der Waals surface area (Å²) in [5.74, 6) is -0.0720. The van der Waals surface area contributed by atoms with Gasteiger partial charge in [0.15, 0.2) is 0 Å². The van der Waals surface area contributed by atoms with Crippen molar-refractivity contribution in [3.8, 4) is 22.5 Å². The third-order valence-corrected chi connectivity index (χ3v) is 4.53. The van der Waals surface area contributed by atoms with E-state index in [1.54, 1.807) is 10.9 Å². The van der Waals surface area contributed by atoms with E-state index in [1.807, 2.05) is 30.5 Å². The molecule has 1 aliphatic heterocycles. The van der Waals surface area contributed by atoms with E-state index in [0.717, 1.165) is 33.4 Å². The molecule has 2 N–H and O–H groups in total. The van der Waals surface area contributed by atoms with Gasteiger partial charge in [0.05, 0.1) is 17.9 Å². The van der Waals surface area contributed by atoms with Gasteiger partial charge in [-0.1, -0.05) is 6.07 Å². The van der Waals surface area contributed by atoms with E-state index in [9.17, 15) is 4.79 Å². The summed E-state index contributed by atoms with van der Waals surface area (Å²) in [7, 11) is 0. The highest BCUT2D eigenvalue weighted by molar-refractivity contribution is 5.94. The van der Waals surface area contributed by atoms with Crippen LogP contribution in [0.2, 0.25) is 0 Å². The fourth-order valence-corrected chi connectivity index (χ4v) is 3.24. The molecule has 0 fully saturated rings. The fourth-order valence-electron chi connectivity index (χ4n) is 3.24. The standard InChI is InChI=1S/C19H15N5O/c25-19-18-11-17(23-24(18)8-7-22-19)14-4-6-21-16(10-14)12-1-2-15-13(9-12)3-5-20-15/h1-6,9-11,20H,7-8H2,(H,22,25). The van der Waals surface area contributed by atoms with Gasteiger partial charge in [0, 0.05) is 41.0 Å². The molecule has 6 heteroatoms. The number of aromatic amines is 1. The Morgan fingerprint density at radius 1 is 1.00 bits per heavy atom. The van der Waals surface area contributed by atoms with Crippen molar-refractivity contribution in [3.05, 3.63) is 60.6 Å². The van der Waals surface area contributed by atoms with Crippen LogP contribution >= 0.6 is 0 Å². The number of amides is 1. The molecule has 4 heterocycles. The van der Waals surface area contributed by atoms with Crippen molar-refractivity contribution in [1.82, 2.24) is 25.1 Å². The summed E-state index contributed by atoms with van der Waals surface area (Å²) < 4.78 is 1.76. The SMILES string of the molecule is O=C1NCCn2nc(-c3ccnc(-c4ccc5[nH]ccc5c4)c3)cc21. The first-order valence-electron chi connectivity index (χ1n) is 8.18. The average molecular weight is 329 g/mol. The van der Waals surface area contributed by atoms with Crippen molar-refractivity contribution in [1.29, 1.82) is 0 Å². The van der Waals surface area contributed by atoms with Crippen LogP contribution in [0.5, 0.6) is 0 Å². The molecule has 0 aliphatic carbocycles. The molecule has 6 nitrogen and oxygen atoms in total. The maximum atomic E-state index is 11.9. The summed E-state index contributed by atoms with van der Waals surface area (Å²) >= 11 is 0. The van der Waals surface area contributed by atoms with E-state index < -0.39 is 0 Å². The molecule has 5 rings (SSSR count). The minimum Gasteiger partial charge on any atom is -0.361 e. The lowest BCUT2D eigenvalue weighted by atomic mass is 10.1. The Hall–Kier alpha value is -3.41. The second-order valence-electron chi connectivity index (χ2n) is 6.10. The van der Waals surface area contributed by atoms with Crippen LogP contribution in [0.4, 0.5) is 0 Å². The van der Waals surface area contributed by atoms with Crippen LogP contribution in [-0.4, -0.2) is 32.2 Å². The van der Waals surface area contributed by atoms with Crippen LogP contribution in [0.25, 0.3) is 33.4 Å². The van der Waals surface area contributed by atoms with Crippen molar-refractivity contribution >= 4 is 16.8 Å². The number of hydrogen-bond donors (Lipinski definition) is 2. The first kappa shape index (κ1) is 14.0. The summed E-state index contributed by atoms with van der Waals surface area (Å²) in [6.07, 6.45) is 3.71. The van der Waals surface area contributed by atoms with Gasteiger partial charge in [-0.15, -0.1) is 0 Å². The maximum absolute atomic E-state index is 11.9. The smallest absolute Gasteiger partial charge is 0.269 e. The van der Waals surface area contributed by atoms with Crippen LogP contribution in [0.15, 0.2) is 54.9 Å². The number of nitrogens with one attached hydrogen (secondary N) is 2. The number of hydrogen-bond acceptors (Lipinski definition) is 3. The second-order valence-corrected chi connectivity index (χ2v) is 6.10. The minimum absolute atomic E-state index is 0.0720. The number of nitrogens with zero attached hydrogens (tertiary/aromatic N) is 3. The van der Waals surface area contributed by atoms with Gasteiger partial charge in [0.1, 0.15) is 5.69 Å².